The Bertz CT molecular complexity index is 2780. The lowest BCUT2D eigenvalue weighted by molar-refractivity contribution is 0.660. The molecular formula is C49H34O. The summed E-state index contributed by atoms with van der Waals surface area (Å²) in [5.41, 5.74) is 16.8. The second-order valence-corrected chi connectivity index (χ2v) is 14.2. The van der Waals surface area contributed by atoms with Gasteiger partial charge >= 0.3 is 0 Å². The molecule has 0 bridgehead atoms. The standard InChI is InChI=1S/C49H34O/c1-49(2)45-13-7-5-11-41(45)42-23-21-36(29-46(42)49)39-26-38(33-17-15-32(16-18-33)35-20-19-31-9-3-4-10-34(31)25-35)27-40(28-39)37-22-24-44-43-12-6-8-14-47(43)50-48(44)30-37/h3-30H,1-2H3. The zero-order valence-corrected chi connectivity index (χ0v) is 28.1. The van der Waals surface area contributed by atoms with Gasteiger partial charge in [0.1, 0.15) is 11.2 Å². The molecule has 236 valence electrons. The molecule has 0 aliphatic heterocycles. The van der Waals surface area contributed by atoms with Gasteiger partial charge in [-0.2, -0.15) is 0 Å². The van der Waals surface area contributed by atoms with Crippen LogP contribution < -0.4 is 0 Å². The third kappa shape index (κ3) is 4.55. The summed E-state index contributed by atoms with van der Waals surface area (Å²) in [5, 5.41) is 4.81. The number of para-hydroxylation sites is 1. The van der Waals surface area contributed by atoms with Crippen LogP contribution in [0.4, 0.5) is 0 Å². The van der Waals surface area contributed by atoms with E-state index in [1.54, 1.807) is 0 Å². The molecule has 0 atom stereocenters. The third-order valence-corrected chi connectivity index (χ3v) is 10.9. The molecule has 0 spiro atoms. The Kier molecular flexibility index (Phi) is 6.29. The monoisotopic (exact) mass is 638 g/mol. The predicted molar refractivity (Wildman–Crippen MR) is 211 cm³/mol. The molecule has 1 aliphatic carbocycles. The second-order valence-electron chi connectivity index (χ2n) is 14.2. The minimum Gasteiger partial charge on any atom is -0.456 e. The minimum absolute atomic E-state index is 0.0622. The van der Waals surface area contributed by atoms with Gasteiger partial charge in [0.05, 0.1) is 0 Å². The van der Waals surface area contributed by atoms with Gasteiger partial charge in [-0.25, -0.2) is 0 Å². The smallest absolute Gasteiger partial charge is 0.136 e. The number of benzene rings is 8. The lowest BCUT2D eigenvalue weighted by atomic mass is 9.81. The summed E-state index contributed by atoms with van der Waals surface area (Å²) in [5.74, 6) is 0. The van der Waals surface area contributed by atoms with Crippen LogP contribution in [0.25, 0.3) is 88.3 Å². The molecule has 0 N–H and O–H groups in total. The van der Waals surface area contributed by atoms with Crippen molar-refractivity contribution in [1.82, 2.24) is 0 Å². The molecular weight excluding hydrogens is 605 g/mol. The highest BCUT2D eigenvalue weighted by Crippen LogP contribution is 2.50. The first-order valence-corrected chi connectivity index (χ1v) is 17.4. The number of fused-ring (bicyclic) bond motifs is 7. The van der Waals surface area contributed by atoms with Gasteiger partial charge in [-0.05, 0) is 126 Å². The summed E-state index contributed by atoms with van der Waals surface area (Å²) < 4.78 is 6.33. The van der Waals surface area contributed by atoms with E-state index in [1.807, 2.05) is 12.1 Å². The molecule has 10 rings (SSSR count). The van der Waals surface area contributed by atoms with E-state index in [1.165, 1.54) is 72.0 Å². The molecule has 1 aromatic heterocycles. The van der Waals surface area contributed by atoms with E-state index in [0.29, 0.717) is 0 Å². The first kappa shape index (κ1) is 28.8. The first-order chi connectivity index (χ1) is 24.5. The van der Waals surface area contributed by atoms with Crippen molar-refractivity contribution in [3.05, 3.63) is 181 Å². The molecule has 1 heterocycles. The van der Waals surface area contributed by atoms with Crippen molar-refractivity contribution in [1.29, 1.82) is 0 Å². The molecule has 1 aliphatic rings. The number of rotatable bonds is 4. The lowest BCUT2D eigenvalue weighted by Gasteiger charge is -2.22. The molecule has 0 unspecified atom stereocenters. The predicted octanol–water partition coefficient (Wildman–Crippen LogP) is 13.7. The normalized spacial score (nSPS) is 13.2. The molecule has 1 nitrogen and oxygen atoms in total. The molecule has 0 saturated heterocycles. The zero-order chi connectivity index (χ0) is 33.4. The maximum atomic E-state index is 6.33. The van der Waals surface area contributed by atoms with Crippen molar-refractivity contribution in [3.63, 3.8) is 0 Å². The number of hydrogen-bond donors (Lipinski definition) is 0. The van der Waals surface area contributed by atoms with E-state index < -0.39 is 0 Å². The summed E-state index contributed by atoms with van der Waals surface area (Å²) >= 11 is 0. The van der Waals surface area contributed by atoms with Crippen LogP contribution in [-0.4, -0.2) is 0 Å². The Labute approximate surface area is 292 Å². The van der Waals surface area contributed by atoms with E-state index in [9.17, 15) is 0 Å². The fraction of sp³-hybridized carbons (Fsp3) is 0.0612. The van der Waals surface area contributed by atoms with Crippen LogP contribution in [0, 0.1) is 0 Å². The number of hydrogen-bond acceptors (Lipinski definition) is 1. The minimum atomic E-state index is -0.0622. The van der Waals surface area contributed by atoms with Crippen LogP contribution in [-0.2, 0) is 5.41 Å². The van der Waals surface area contributed by atoms with Gasteiger partial charge in [-0.3, -0.25) is 0 Å². The van der Waals surface area contributed by atoms with Crippen molar-refractivity contribution in [3.8, 4) is 55.6 Å². The number of furan rings is 1. The summed E-state index contributed by atoms with van der Waals surface area (Å²) in [6, 6.07) is 62.1. The van der Waals surface area contributed by atoms with Crippen molar-refractivity contribution < 1.29 is 4.42 Å². The molecule has 0 amide bonds. The molecule has 1 heteroatoms. The molecule has 0 fully saturated rings. The van der Waals surface area contributed by atoms with Crippen LogP contribution in [0.2, 0.25) is 0 Å². The van der Waals surface area contributed by atoms with Crippen molar-refractivity contribution in [2.45, 2.75) is 19.3 Å². The highest BCUT2D eigenvalue weighted by Gasteiger charge is 2.35. The fourth-order valence-electron chi connectivity index (χ4n) is 8.14. The van der Waals surface area contributed by atoms with Crippen LogP contribution >= 0.6 is 0 Å². The average Bonchev–Trinajstić information content (AvgIpc) is 3.65. The van der Waals surface area contributed by atoms with Crippen molar-refractivity contribution in [2.24, 2.45) is 0 Å². The van der Waals surface area contributed by atoms with Crippen LogP contribution in [0.3, 0.4) is 0 Å². The first-order valence-electron chi connectivity index (χ1n) is 17.4. The van der Waals surface area contributed by atoms with E-state index >= 15 is 0 Å². The van der Waals surface area contributed by atoms with Gasteiger partial charge in [0.25, 0.3) is 0 Å². The van der Waals surface area contributed by atoms with Crippen LogP contribution in [0.5, 0.6) is 0 Å². The van der Waals surface area contributed by atoms with Gasteiger partial charge < -0.3 is 4.42 Å². The van der Waals surface area contributed by atoms with E-state index in [4.69, 9.17) is 4.42 Å². The summed E-state index contributed by atoms with van der Waals surface area (Å²) in [6.45, 7) is 4.70. The van der Waals surface area contributed by atoms with Gasteiger partial charge in [0, 0.05) is 16.2 Å². The highest BCUT2D eigenvalue weighted by atomic mass is 16.3. The Morgan fingerprint density at radius 2 is 0.880 bits per heavy atom. The second kappa shape index (κ2) is 10.9. The van der Waals surface area contributed by atoms with Gasteiger partial charge in [-0.15, -0.1) is 0 Å². The molecule has 0 saturated carbocycles. The topological polar surface area (TPSA) is 13.1 Å². The third-order valence-electron chi connectivity index (χ3n) is 10.9. The largest absolute Gasteiger partial charge is 0.456 e. The lowest BCUT2D eigenvalue weighted by Crippen LogP contribution is -2.14. The van der Waals surface area contributed by atoms with E-state index in [-0.39, 0.29) is 5.41 Å². The maximum absolute atomic E-state index is 6.33. The maximum Gasteiger partial charge on any atom is 0.136 e. The molecule has 50 heavy (non-hydrogen) atoms. The Hall–Kier alpha value is -6.18. The Morgan fingerprint density at radius 1 is 0.340 bits per heavy atom. The molecule has 8 aromatic carbocycles. The van der Waals surface area contributed by atoms with Crippen LogP contribution in [0.1, 0.15) is 25.0 Å². The van der Waals surface area contributed by atoms with Gasteiger partial charge in [0.2, 0.25) is 0 Å². The van der Waals surface area contributed by atoms with E-state index in [2.05, 4.69) is 172 Å². The summed E-state index contributed by atoms with van der Waals surface area (Å²) in [6.07, 6.45) is 0. The van der Waals surface area contributed by atoms with Crippen LogP contribution in [0.15, 0.2) is 174 Å². The SMILES string of the molecule is CC1(C)c2ccccc2-c2ccc(-c3cc(-c4ccc(-c5ccc6ccccc6c5)cc4)cc(-c4ccc5c(c4)oc4ccccc45)c3)cc21. The van der Waals surface area contributed by atoms with Crippen molar-refractivity contribution >= 4 is 32.7 Å². The summed E-state index contributed by atoms with van der Waals surface area (Å²) in [7, 11) is 0. The molecule has 9 aromatic rings. The Balaban J connectivity index is 1.11. The summed E-state index contributed by atoms with van der Waals surface area (Å²) in [4.78, 5) is 0. The van der Waals surface area contributed by atoms with Gasteiger partial charge in [-0.1, -0.05) is 135 Å². The highest BCUT2D eigenvalue weighted by molar-refractivity contribution is 6.06. The molecule has 0 radical (unpaired) electrons. The average molecular weight is 639 g/mol. The quantitative estimate of drug-likeness (QED) is 0.187. The Morgan fingerprint density at radius 3 is 1.70 bits per heavy atom. The van der Waals surface area contributed by atoms with E-state index in [0.717, 1.165) is 27.5 Å². The fourth-order valence-corrected chi connectivity index (χ4v) is 8.14. The van der Waals surface area contributed by atoms with Gasteiger partial charge in [0.15, 0.2) is 0 Å². The van der Waals surface area contributed by atoms with Crippen molar-refractivity contribution in [2.75, 3.05) is 0 Å². The zero-order valence-electron chi connectivity index (χ0n) is 28.1.